The van der Waals surface area contributed by atoms with Crippen LogP contribution in [0.4, 0.5) is 0 Å². The third-order valence-corrected chi connectivity index (χ3v) is 5.87. The molecule has 4 nitrogen and oxygen atoms in total. The Hall–Kier alpha value is -0.0800. The molecule has 0 aromatic carbocycles. The highest BCUT2D eigenvalue weighted by Gasteiger charge is 2.19. The molecule has 1 unspecified atom stereocenters. The van der Waals surface area contributed by atoms with Crippen LogP contribution in [0.25, 0.3) is 0 Å². The second-order valence-electron chi connectivity index (χ2n) is 4.15. The number of nitrogens with one attached hydrogen (secondary N) is 2. The fourth-order valence-electron chi connectivity index (χ4n) is 1.53. The van der Waals surface area contributed by atoms with Gasteiger partial charge in [0.15, 0.2) is 0 Å². The summed E-state index contributed by atoms with van der Waals surface area (Å²) in [4.78, 5) is 1.25. The topological polar surface area (TPSA) is 58.2 Å². The molecule has 1 heterocycles. The number of hydrogen-bond acceptors (Lipinski definition) is 5. The van der Waals surface area contributed by atoms with Crippen LogP contribution in [0, 0.1) is 5.92 Å². The van der Waals surface area contributed by atoms with Crippen molar-refractivity contribution >= 4 is 33.1 Å². The number of hydrogen-bond donors (Lipinski definition) is 2. The van der Waals surface area contributed by atoms with E-state index in [4.69, 9.17) is 0 Å². The maximum Gasteiger partial charge on any atom is 0.241 e. The largest absolute Gasteiger partial charge is 0.315 e. The molecular weight excluding hydrogens is 288 g/mol. The SMILES string of the molecule is CNCc1sccc1S(=O)(=O)NCC(C)CSC. The first kappa shape index (κ1) is 16.0. The van der Waals surface area contributed by atoms with Gasteiger partial charge in [0.25, 0.3) is 0 Å². The van der Waals surface area contributed by atoms with E-state index < -0.39 is 10.0 Å². The van der Waals surface area contributed by atoms with Crippen LogP contribution in [-0.4, -0.2) is 34.0 Å². The van der Waals surface area contributed by atoms with E-state index in [1.165, 1.54) is 11.3 Å². The monoisotopic (exact) mass is 308 g/mol. The molecule has 0 bridgehead atoms. The minimum absolute atomic E-state index is 0.334. The normalized spacial score (nSPS) is 13.7. The molecule has 0 saturated carbocycles. The lowest BCUT2D eigenvalue weighted by Crippen LogP contribution is -2.29. The molecule has 18 heavy (non-hydrogen) atoms. The molecule has 2 N–H and O–H groups in total. The Morgan fingerprint density at radius 2 is 2.22 bits per heavy atom. The number of thiophene rings is 1. The summed E-state index contributed by atoms with van der Waals surface area (Å²) >= 11 is 3.19. The second-order valence-corrected chi connectivity index (χ2v) is 7.80. The third kappa shape index (κ3) is 4.55. The molecule has 0 aliphatic carbocycles. The Morgan fingerprint density at radius 3 is 2.83 bits per heavy atom. The van der Waals surface area contributed by atoms with Gasteiger partial charge in [-0.05, 0) is 36.4 Å². The summed E-state index contributed by atoms with van der Waals surface area (Å²) in [6.07, 6.45) is 2.02. The zero-order chi connectivity index (χ0) is 13.6. The first-order valence-electron chi connectivity index (χ1n) is 5.70. The predicted octanol–water partition coefficient (Wildman–Crippen LogP) is 1.74. The average molecular weight is 308 g/mol. The van der Waals surface area contributed by atoms with Gasteiger partial charge in [-0.25, -0.2) is 13.1 Å². The fourth-order valence-corrected chi connectivity index (χ4v) is 4.84. The molecule has 0 aliphatic rings. The van der Waals surface area contributed by atoms with Crippen LogP contribution in [0.2, 0.25) is 0 Å². The molecule has 0 spiro atoms. The van der Waals surface area contributed by atoms with Gasteiger partial charge < -0.3 is 5.32 Å². The predicted molar refractivity (Wildman–Crippen MR) is 79.8 cm³/mol. The van der Waals surface area contributed by atoms with Crippen LogP contribution >= 0.6 is 23.1 Å². The standard InChI is InChI=1S/C11H20N2O2S3/c1-9(8-16-3)6-13-18(14,15)11-4-5-17-10(11)7-12-2/h4-5,9,12-13H,6-8H2,1-3H3. The smallest absolute Gasteiger partial charge is 0.241 e. The lowest BCUT2D eigenvalue weighted by molar-refractivity contribution is 0.562. The maximum atomic E-state index is 12.2. The average Bonchev–Trinajstić information content (AvgIpc) is 2.77. The molecule has 7 heteroatoms. The van der Waals surface area contributed by atoms with E-state index in [1.54, 1.807) is 17.8 Å². The van der Waals surface area contributed by atoms with Gasteiger partial charge in [-0.2, -0.15) is 11.8 Å². The van der Waals surface area contributed by atoms with Crippen LogP contribution in [0.1, 0.15) is 11.8 Å². The zero-order valence-corrected chi connectivity index (χ0v) is 13.3. The quantitative estimate of drug-likeness (QED) is 0.768. The minimum Gasteiger partial charge on any atom is -0.315 e. The maximum absolute atomic E-state index is 12.2. The fraction of sp³-hybridized carbons (Fsp3) is 0.636. The molecule has 1 aromatic heterocycles. The highest BCUT2D eigenvalue weighted by Crippen LogP contribution is 2.21. The van der Waals surface area contributed by atoms with E-state index in [0.29, 0.717) is 23.9 Å². The van der Waals surface area contributed by atoms with Crippen molar-refractivity contribution in [2.45, 2.75) is 18.4 Å². The van der Waals surface area contributed by atoms with Crippen LogP contribution in [-0.2, 0) is 16.6 Å². The summed E-state index contributed by atoms with van der Waals surface area (Å²) in [6.45, 7) is 3.10. The van der Waals surface area contributed by atoms with E-state index >= 15 is 0 Å². The van der Waals surface area contributed by atoms with Crippen molar-refractivity contribution in [1.82, 2.24) is 10.0 Å². The second kappa shape index (κ2) is 7.49. The van der Waals surface area contributed by atoms with Gasteiger partial charge in [0, 0.05) is 18.0 Å². The van der Waals surface area contributed by atoms with Crippen LogP contribution in [0.5, 0.6) is 0 Å². The molecule has 0 radical (unpaired) electrons. The van der Waals surface area contributed by atoms with Gasteiger partial charge in [0.2, 0.25) is 10.0 Å². The van der Waals surface area contributed by atoms with Crippen LogP contribution < -0.4 is 10.0 Å². The van der Waals surface area contributed by atoms with Crippen molar-refractivity contribution in [3.05, 3.63) is 16.3 Å². The van der Waals surface area contributed by atoms with Crippen molar-refractivity contribution < 1.29 is 8.42 Å². The zero-order valence-electron chi connectivity index (χ0n) is 10.9. The summed E-state index contributed by atoms with van der Waals surface area (Å²) in [5.41, 5.74) is 0. The van der Waals surface area contributed by atoms with E-state index in [9.17, 15) is 8.42 Å². The van der Waals surface area contributed by atoms with E-state index in [1.807, 2.05) is 25.6 Å². The molecule has 0 aliphatic heterocycles. The summed E-state index contributed by atoms with van der Waals surface area (Å²) in [6, 6.07) is 1.67. The van der Waals surface area contributed by atoms with Gasteiger partial charge in [0.1, 0.15) is 0 Å². The Morgan fingerprint density at radius 1 is 1.50 bits per heavy atom. The highest BCUT2D eigenvalue weighted by atomic mass is 32.2. The van der Waals surface area contributed by atoms with Crippen molar-refractivity contribution in [1.29, 1.82) is 0 Å². The van der Waals surface area contributed by atoms with Gasteiger partial charge in [0.05, 0.1) is 4.90 Å². The molecule has 1 rings (SSSR count). The van der Waals surface area contributed by atoms with Crippen molar-refractivity contribution in [3.63, 3.8) is 0 Å². The molecule has 0 amide bonds. The molecule has 0 fully saturated rings. The van der Waals surface area contributed by atoms with Crippen LogP contribution in [0.15, 0.2) is 16.3 Å². The lowest BCUT2D eigenvalue weighted by Gasteiger charge is -2.12. The Balaban J connectivity index is 2.71. The first-order valence-corrected chi connectivity index (χ1v) is 9.46. The van der Waals surface area contributed by atoms with Gasteiger partial charge in [-0.15, -0.1) is 11.3 Å². The van der Waals surface area contributed by atoms with E-state index in [2.05, 4.69) is 10.0 Å². The van der Waals surface area contributed by atoms with Crippen molar-refractivity contribution in [3.8, 4) is 0 Å². The van der Waals surface area contributed by atoms with Gasteiger partial charge in [-0.3, -0.25) is 0 Å². The summed E-state index contributed by atoms with van der Waals surface area (Å²) < 4.78 is 27.0. The highest BCUT2D eigenvalue weighted by molar-refractivity contribution is 7.98. The molecule has 1 aromatic rings. The van der Waals surface area contributed by atoms with Crippen molar-refractivity contribution in [2.75, 3.05) is 25.6 Å². The van der Waals surface area contributed by atoms with E-state index in [-0.39, 0.29) is 0 Å². The summed E-state index contributed by atoms with van der Waals surface area (Å²) in [7, 11) is -1.56. The number of sulfonamides is 1. The molecule has 1 atom stereocenters. The Bertz CT molecular complexity index is 457. The lowest BCUT2D eigenvalue weighted by atomic mass is 10.2. The minimum atomic E-state index is -3.37. The number of rotatable bonds is 8. The first-order chi connectivity index (χ1) is 8.51. The summed E-state index contributed by atoms with van der Waals surface area (Å²) in [5.74, 6) is 1.29. The Kier molecular flexibility index (Phi) is 6.65. The van der Waals surface area contributed by atoms with Gasteiger partial charge >= 0.3 is 0 Å². The summed E-state index contributed by atoms with van der Waals surface area (Å²) in [5, 5.41) is 4.79. The molecular formula is C11H20N2O2S3. The number of thioether (sulfide) groups is 1. The van der Waals surface area contributed by atoms with Crippen molar-refractivity contribution in [2.24, 2.45) is 5.92 Å². The van der Waals surface area contributed by atoms with E-state index in [0.717, 1.165) is 10.6 Å². The third-order valence-electron chi connectivity index (χ3n) is 2.40. The van der Waals surface area contributed by atoms with Crippen LogP contribution in [0.3, 0.4) is 0 Å². The Labute approximate surface area is 118 Å². The molecule has 0 saturated heterocycles. The van der Waals surface area contributed by atoms with Gasteiger partial charge in [-0.1, -0.05) is 6.92 Å². The molecule has 104 valence electrons.